The smallest absolute Gasteiger partial charge is 0.144 e. The molecule has 2 aromatic heterocycles. The first-order chi connectivity index (χ1) is 34.7. The Labute approximate surface area is 405 Å². The lowest BCUT2D eigenvalue weighted by Crippen LogP contribution is -2.28. The molecule has 1 aliphatic rings. The maximum Gasteiger partial charge on any atom is 0.144 e. The van der Waals surface area contributed by atoms with E-state index in [4.69, 9.17) is 8.83 Å². The van der Waals surface area contributed by atoms with Gasteiger partial charge in [0.15, 0.2) is 0 Å². The van der Waals surface area contributed by atoms with Gasteiger partial charge in [-0.15, -0.1) is 0 Å². The van der Waals surface area contributed by atoms with Gasteiger partial charge < -0.3 is 13.7 Å². The molecule has 0 aliphatic heterocycles. The maximum atomic E-state index is 6.95. The summed E-state index contributed by atoms with van der Waals surface area (Å²) in [7, 11) is 0. The van der Waals surface area contributed by atoms with Crippen molar-refractivity contribution < 1.29 is 8.83 Å². The van der Waals surface area contributed by atoms with Crippen molar-refractivity contribution in [3.8, 4) is 44.5 Å². The van der Waals surface area contributed by atoms with Crippen LogP contribution in [0.4, 0.5) is 17.1 Å². The zero-order valence-electron chi connectivity index (χ0n) is 38.1. The molecule has 1 aliphatic carbocycles. The zero-order valence-corrected chi connectivity index (χ0v) is 38.1. The molecule has 0 spiro atoms. The van der Waals surface area contributed by atoms with Crippen LogP contribution in [-0.4, -0.2) is 0 Å². The summed E-state index contributed by atoms with van der Waals surface area (Å²) in [5.74, 6) is 0. The number of rotatable bonds is 8. The fourth-order valence-electron chi connectivity index (χ4n) is 11.6. The fraction of sp³-hybridized carbons (Fsp3) is 0.0149. The highest BCUT2D eigenvalue weighted by Gasteiger charge is 2.46. The standard InChI is InChI=1S/C67H43NO2/c1-5-20-44(21-6-1)51-28-14-17-33-59(51)68(50-40-41-54-53-29-13-16-32-57(53)67(58(54)42-50,47-24-9-3-10-25-47)48-26-11-4-12-27-48)49-38-36-45(37-39-49)52-31-19-35-61-64(52)56-43-62-65(55-30-15-18-34-60(55)69-62)63(66(56)70-61)46-22-7-2-8-23-46/h1-43H. The molecule has 3 heteroatoms. The first kappa shape index (κ1) is 39.9. The molecule has 70 heavy (non-hydrogen) atoms. The van der Waals surface area contributed by atoms with E-state index < -0.39 is 5.41 Å². The van der Waals surface area contributed by atoms with Crippen molar-refractivity contribution in [1.29, 1.82) is 0 Å². The molecule has 0 unspecified atom stereocenters. The number of benzene rings is 11. The van der Waals surface area contributed by atoms with E-state index in [1.165, 1.54) is 33.4 Å². The highest BCUT2D eigenvalue weighted by Crippen LogP contribution is 2.58. The Bertz CT molecular complexity index is 4060. The van der Waals surface area contributed by atoms with E-state index in [0.29, 0.717) is 0 Å². The molecule has 328 valence electrons. The van der Waals surface area contributed by atoms with E-state index in [9.17, 15) is 0 Å². The van der Waals surface area contributed by atoms with Crippen LogP contribution in [0.3, 0.4) is 0 Å². The molecule has 3 nitrogen and oxygen atoms in total. The molecule has 0 N–H and O–H groups in total. The van der Waals surface area contributed by atoms with Crippen molar-refractivity contribution in [3.63, 3.8) is 0 Å². The molecule has 14 rings (SSSR count). The third-order valence-corrected chi connectivity index (χ3v) is 14.6. The Hall–Kier alpha value is -9.18. The molecule has 0 bridgehead atoms. The molecule has 0 fully saturated rings. The second-order valence-electron chi connectivity index (χ2n) is 18.3. The van der Waals surface area contributed by atoms with Crippen molar-refractivity contribution in [2.24, 2.45) is 0 Å². The van der Waals surface area contributed by atoms with Gasteiger partial charge in [0.05, 0.1) is 11.1 Å². The summed E-state index contributed by atoms with van der Waals surface area (Å²) in [6.45, 7) is 0. The lowest BCUT2D eigenvalue weighted by Gasteiger charge is -2.35. The number of fused-ring (bicyclic) bond motifs is 9. The third kappa shape index (κ3) is 6.01. The van der Waals surface area contributed by atoms with Gasteiger partial charge in [-0.25, -0.2) is 0 Å². The highest BCUT2D eigenvalue weighted by molar-refractivity contribution is 6.25. The number of para-hydroxylation sites is 2. The summed E-state index contributed by atoms with van der Waals surface area (Å²) in [5.41, 5.74) is 20.2. The van der Waals surface area contributed by atoms with Crippen LogP contribution in [0, 0.1) is 0 Å². The van der Waals surface area contributed by atoms with Crippen LogP contribution in [0.1, 0.15) is 22.3 Å². The predicted octanol–water partition coefficient (Wildman–Crippen LogP) is 18.3. The number of hydrogen-bond donors (Lipinski definition) is 0. The van der Waals surface area contributed by atoms with Crippen LogP contribution >= 0.6 is 0 Å². The van der Waals surface area contributed by atoms with Gasteiger partial charge in [0.25, 0.3) is 0 Å². The van der Waals surface area contributed by atoms with E-state index >= 15 is 0 Å². The Morgan fingerprint density at radius 3 is 1.61 bits per heavy atom. The maximum absolute atomic E-state index is 6.95. The number of hydrogen-bond acceptors (Lipinski definition) is 3. The Balaban J connectivity index is 0.976. The molecule has 13 aromatic rings. The number of anilines is 3. The van der Waals surface area contributed by atoms with E-state index in [1.54, 1.807) is 0 Å². The second-order valence-corrected chi connectivity index (χ2v) is 18.3. The predicted molar refractivity (Wildman–Crippen MR) is 289 cm³/mol. The van der Waals surface area contributed by atoms with Crippen LogP contribution in [-0.2, 0) is 5.41 Å². The molecule has 0 radical (unpaired) electrons. The lowest BCUT2D eigenvalue weighted by atomic mass is 9.67. The quantitative estimate of drug-likeness (QED) is 0.152. The van der Waals surface area contributed by atoms with Gasteiger partial charge in [-0.3, -0.25) is 0 Å². The molecule has 2 heterocycles. The third-order valence-electron chi connectivity index (χ3n) is 14.6. The van der Waals surface area contributed by atoms with Gasteiger partial charge >= 0.3 is 0 Å². The molecular weight excluding hydrogens is 851 g/mol. The average molecular weight is 894 g/mol. The number of furan rings is 2. The summed E-state index contributed by atoms with van der Waals surface area (Å²) >= 11 is 0. The van der Waals surface area contributed by atoms with Crippen molar-refractivity contribution >= 4 is 60.9 Å². The average Bonchev–Trinajstić information content (AvgIpc) is 4.10. The largest absolute Gasteiger partial charge is 0.456 e. The van der Waals surface area contributed by atoms with Crippen LogP contribution in [0.2, 0.25) is 0 Å². The van der Waals surface area contributed by atoms with E-state index in [2.05, 4.69) is 254 Å². The van der Waals surface area contributed by atoms with Crippen LogP contribution in [0.5, 0.6) is 0 Å². The lowest BCUT2D eigenvalue weighted by molar-refractivity contribution is 0.664. The first-order valence-corrected chi connectivity index (χ1v) is 24.0. The van der Waals surface area contributed by atoms with Gasteiger partial charge in [0.1, 0.15) is 22.3 Å². The summed E-state index contributed by atoms with van der Waals surface area (Å²) in [4.78, 5) is 2.44. The molecule has 0 saturated carbocycles. The normalized spacial score (nSPS) is 12.7. The summed E-state index contributed by atoms with van der Waals surface area (Å²) in [5, 5.41) is 4.23. The highest BCUT2D eigenvalue weighted by atomic mass is 16.3. The number of nitrogens with zero attached hydrogens (tertiary/aromatic N) is 1. The minimum Gasteiger partial charge on any atom is -0.456 e. The molecule has 11 aromatic carbocycles. The molecule has 0 atom stereocenters. The van der Waals surface area contributed by atoms with Gasteiger partial charge in [0, 0.05) is 44.0 Å². The van der Waals surface area contributed by atoms with Gasteiger partial charge in [-0.1, -0.05) is 212 Å². The van der Waals surface area contributed by atoms with Crippen molar-refractivity contribution in [3.05, 3.63) is 283 Å². The van der Waals surface area contributed by atoms with Crippen molar-refractivity contribution in [2.45, 2.75) is 5.41 Å². The van der Waals surface area contributed by atoms with E-state index in [0.717, 1.165) is 94.3 Å². The van der Waals surface area contributed by atoms with Gasteiger partial charge in [0.2, 0.25) is 0 Å². The second kappa shape index (κ2) is 16.0. The fourth-order valence-corrected chi connectivity index (χ4v) is 11.6. The van der Waals surface area contributed by atoms with E-state index in [1.807, 2.05) is 12.1 Å². The van der Waals surface area contributed by atoms with E-state index in [-0.39, 0.29) is 0 Å². The Kier molecular flexibility index (Phi) is 9.11. The summed E-state index contributed by atoms with van der Waals surface area (Å²) < 4.78 is 13.6. The molecule has 0 saturated heterocycles. The zero-order chi connectivity index (χ0) is 46.2. The van der Waals surface area contributed by atoms with Crippen LogP contribution in [0.15, 0.2) is 270 Å². The van der Waals surface area contributed by atoms with Gasteiger partial charge in [-0.05, 0) is 104 Å². The van der Waals surface area contributed by atoms with Gasteiger partial charge in [-0.2, -0.15) is 0 Å². The summed E-state index contributed by atoms with van der Waals surface area (Å²) in [6.07, 6.45) is 0. The first-order valence-electron chi connectivity index (χ1n) is 24.0. The summed E-state index contributed by atoms with van der Waals surface area (Å²) in [6, 6.07) is 94.1. The van der Waals surface area contributed by atoms with Crippen LogP contribution < -0.4 is 4.90 Å². The molecule has 0 amide bonds. The minimum atomic E-state index is -0.542. The topological polar surface area (TPSA) is 29.5 Å². The van der Waals surface area contributed by atoms with Crippen LogP contribution in [0.25, 0.3) is 88.4 Å². The Morgan fingerprint density at radius 2 is 0.871 bits per heavy atom. The minimum absolute atomic E-state index is 0.542. The van der Waals surface area contributed by atoms with Crippen molar-refractivity contribution in [1.82, 2.24) is 0 Å². The van der Waals surface area contributed by atoms with Crippen molar-refractivity contribution in [2.75, 3.05) is 4.90 Å². The Morgan fingerprint density at radius 1 is 0.314 bits per heavy atom. The SMILES string of the molecule is c1ccc(-c2ccccc2N(c2ccc(-c3cccc4oc5c(-c6ccccc6)c6c(cc5c34)oc3ccccc36)cc2)c2ccc3c(c2)C(c2ccccc2)(c2ccccc2)c2ccccc2-3)cc1. The monoisotopic (exact) mass is 893 g/mol. The molecular formula is C67H43NO2.